The van der Waals surface area contributed by atoms with Gasteiger partial charge in [-0.05, 0) is 109 Å². The number of nitrogens with zero attached hydrogens (tertiary/aromatic N) is 1. The van der Waals surface area contributed by atoms with Crippen LogP contribution in [0.1, 0.15) is 66.9 Å². The van der Waals surface area contributed by atoms with E-state index in [1.54, 1.807) is 25.3 Å². The van der Waals surface area contributed by atoms with Gasteiger partial charge in [0.05, 0.1) is 29.7 Å². The van der Waals surface area contributed by atoms with Crippen LogP contribution < -0.4 is 14.8 Å². The van der Waals surface area contributed by atoms with Crippen molar-refractivity contribution in [2.45, 2.75) is 63.4 Å². The molecule has 1 heterocycles. The molecule has 8 nitrogen and oxygen atoms in total. The van der Waals surface area contributed by atoms with E-state index in [-0.39, 0.29) is 34.7 Å². The van der Waals surface area contributed by atoms with Gasteiger partial charge in [0.25, 0.3) is 0 Å². The maximum absolute atomic E-state index is 12.0. The second-order valence-electron chi connectivity index (χ2n) is 13.4. The Morgan fingerprint density at radius 1 is 1.25 bits per heavy atom. The fourth-order valence-corrected chi connectivity index (χ4v) is 9.50. The average Bonchev–Trinajstić information content (AvgIpc) is 3.09. The van der Waals surface area contributed by atoms with Crippen molar-refractivity contribution in [3.63, 3.8) is 0 Å². The zero-order chi connectivity index (χ0) is 31.2. The number of primary sulfonamides is 1. The van der Waals surface area contributed by atoms with Gasteiger partial charge in [0.1, 0.15) is 5.75 Å². The molecule has 1 spiro atoms. The third kappa shape index (κ3) is 6.13. The molecule has 4 aliphatic rings. The zero-order valence-electron chi connectivity index (χ0n) is 25.5. The molecule has 3 N–H and O–H groups in total. The Labute approximate surface area is 265 Å². The van der Waals surface area contributed by atoms with Crippen LogP contribution in [-0.2, 0) is 26.6 Å². The highest BCUT2D eigenvalue weighted by Gasteiger charge is 2.46. The molecule has 0 amide bonds. The minimum absolute atomic E-state index is 0.00744. The maximum atomic E-state index is 12.0. The molecule has 3 aliphatic carbocycles. The maximum Gasteiger partial charge on any atom is 0.335 e. The smallest absolute Gasteiger partial charge is 0.335 e. The summed E-state index contributed by atoms with van der Waals surface area (Å²) in [4.78, 5) is 14.4. The van der Waals surface area contributed by atoms with Gasteiger partial charge in [0.15, 0.2) is 0 Å². The van der Waals surface area contributed by atoms with Gasteiger partial charge in [-0.2, -0.15) is 0 Å². The first-order chi connectivity index (χ1) is 21.0. The molecule has 0 aromatic heterocycles. The quantitative estimate of drug-likeness (QED) is 0.314. The van der Waals surface area contributed by atoms with E-state index < -0.39 is 16.0 Å². The summed E-state index contributed by atoms with van der Waals surface area (Å²) in [5.74, 6) is 0.679. The molecule has 1 fully saturated rings. The minimum Gasteiger partial charge on any atom is -0.490 e. The van der Waals surface area contributed by atoms with Crippen molar-refractivity contribution in [2.24, 2.45) is 28.8 Å². The molecule has 44 heavy (non-hydrogen) atoms. The highest BCUT2D eigenvalue weighted by molar-refractivity contribution is 7.89. The molecule has 6 atom stereocenters. The molecule has 2 aromatic rings. The van der Waals surface area contributed by atoms with E-state index in [0.29, 0.717) is 18.4 Å². The molecule has 10 heteroatoms. The van der Waals surface area contributed by atoms with Crippen molar-refractivity contribution in [2.75, 3.05) is 37.5 Å². The average molecular weight is 643 g/mol. The van der Waals surface area contributed by atoms with Crippen LogP contribution in [0.25, 0.3) is 0 Å². The molecule has 0 radical (unpaired) electrons. The number of carboxylic acid groups (broad SMARTS) is 1. The third-order valence-corrected chi connectivity index (χ3v) is 11.8. The fraction of sp³-hybridized carbons (Fsp3) is 0.559. The van der Waals surface area contributed by atoms with Crippen LogP contribution in [0.4, 0.5) is 5.69 Å². The van der Waals surface area contributed by atoms with Gasteiger partial charge in [0, 0.05) is 30.6 Å². The monoisotopic (exact) mass is 642 g/mol. The van der Waals surface area contributed by atoms with Gasteiger partial charge in [-0.1, -0.05) is 37.1 Å². The molecule has 0 saturated heterocycles. The Morgan fingerprint density at radius 2 is 2.05 bits per heavy atom. The summed E-state index contributed by atoms with van der Waals surface area (Å²) in [5, 5.41) is 15.9. The van der Waals surface area contributed by atoms with Crippen LogP contribution in [0.2, 0.25) is 5.02 Å². The lowest BCUT2D eigenvalue weighted by Gasteiger charge is -2.48. The van der Waals surface area contributed by atoms with Crippen molar-refractivity contribution in [1.82, 2.24) is 0 Å². The molecule has 6 rings (SSSR count). The number of carbonyl (C=O) groups is 1. The van der Waals surface area contributed by atoms with Crippen molar-refractivity contribution >= 4 is 33.3 Å². The number of hydrogen-bond donors (Lipinski definition) is 2. The molecule has 1 aliphatic heterocycles. The fourth-order valence-electron chi connectivity index (χ4n) is 8.22. The Morgan fingerprint density at radius 3 is 2.70 bits per heavy atom. The van der Waals surface area contributed by atoms with Crippen molar-refractivity contribution in [3.05, 3.63) is 69.8 Å². The van der Waals surface area contributed by atoms with E-state index in [9.17, 15) is 18.3 Å². The minimum atomic E-state index is -3.52. The number of anilines is 1. The molecule has 1 saturated carbocycles. The van der Waals surface area contributed by atoms with Gasteiger partial charge in [-0.15, -0.1) is 0 Å². The molecule has 0 bridgehead atoms. The highest BCUT2D eigenvalue weighted by atomic mass is 35.5. The summed E-state index contributed by atoms with van der Waals surface area (Å²) < 4.78 is 36.1. The number of hydrogen-bond acceptors (Lipinski definition) is 6. The number of aromatic carboxylic acids is 1. The predicted molar refractivity (Wildman–Crippen MR) is 172 cm³/mol. The lowest BCUT2D eigenvalue weighted by molar-refractivity contribution is -0.000487. The Kier molecular flexibility index (Phi) is 8.78. The molecule has 2 aromatic carbocycles. The van der Waals surface area contributed by atoms with Crippen molar-refractivity contribution in [1.29, 1.82) is 0 Å². The summed E-state index contributed by atoms with van der Waals surface area (Å²) in [6.07, 6.45) is 8.93. The lowest BCUT2D eigenvalue weighted by atomic mass is 9.64. The Bertz CT molecular complexity index is 1560. The SMILES string of the molecule is CC[C@H](CS(N)(=O)=O)[C@@H]1C=C([C@@H](OC)[C@@H]2CC[C@H]2CN2C[C@@]3(CCCc4cc(Cl)ccc43)COc3ccc(C(=O)O)cc32)C1. The lowest BCUT2D eigenvalue weighted by Crippen LogP contribution is -2.50. The topological polar surface area (TPSA) is 119 Å². The molecular formula is C34H43ClN2O6S. The number of halogens is 1. The third-order valence-electron chi connectivity index (χ3n) is 10.7. The number of benzene rings is 2. The van der Waals surface area contributed by atoms with E-state index in [1.165, 1.54) is 16.7 Å². The van der Waals surface area contributed by atoms with E-state index in [1.807, 2.05) is 13.0 Å². The van der Waals surface area contributed by atoms with Crippen LogP contribution in [0.5, 0.6) is 5.75 Å². The number of sulfonamides is 1. The summed E-state index contributed by atoms with van der Waals surface area (Å²) in [5.41, 5.74) is 4.65. The normalized spacial score (nSPS) is 27.5. The van der Waals surface area contributed by atoms with Gasteiger partial charge in [-0.25, -0.2) is 18.4 Å². The van der Waals surface area contributed by atoms with Gasteiger partial charge in [0.2, 0.25) is 10.0 Å². The summed E-state index contributed by atoms with van der Waals surface area (Å²) in [6.45, 7) is 4.04. The Balaban J connectivity index is 1.27. The van der Waals surface area contributed by atoms with Crippen LogP contribution >= 0.6 is 11.6 Å². The van der Waals surface area contributed by atoms with Gasteiger partial charge in [-0.3, -0.25) is 0 Å². The van der Waals surface area contributed by atoms with Crippen LogP contribution in [-0.4, -0.2) is 58.2 Å². The van der Waals surface area contributed by atoms with Crippen LogP contribution in [0, 0.1) is 23.7 Å². The number of nitrogens with two attached hydrogens (primary N) is 1. The molecule has 0 unspecified atom stereocenters. The largest absolute Gasteiger partial charge is 0.490 e. The predicted octanol–water partition coefficient (Wildman–Crippen LogP) is 5.81. The van der Waals surface area contributed by atoms with E-state index >= 15 is 0 Å². The molecular weight excluding hydrogens is 600 g/mol. The van der Waals surface area contributed by atoms with Crippen molar-refractivity contribution < 1.29 is 27.8 Å². The van der Waals surface area contributed by atoms with E-state index in [0.717, 1.165) is 74.5 Å². The number of carboxylic acids is 1. The van der Waals surface area contributed by atoms with Gasteiger partial charge < -0.3 is 19.5 Å². The van der Waals surface area contributed by atoms with E-state index in [2.05, 4.69) is 23.1 Å². The number of aryl methyl sites for hydroxylation is 1. The number of methoxy groups -OCH3 is 1. The highest BCUT2D eigenvalue weighted by Crippen LogP contribution is 2.49. The zero-order valence-corrected chi connectivity index (χ0v) is 27.1. The first kappa shape index (κ1) is 31.4. The summed E-state index contributed by atoms with van der Waals surface area (Å²) in [6, 6.07) is 11.4. The Hall–Kier alpha value is -2.59. The number of allylic oxidation sites excluding steroid dienone is 1. The standard InChI is InChI=1S/C34H43ClN2O6S/c1-3-21(18-44(36,40)41)25-13-26(14-25)32(42-2)28-9-6-24(28)17-37-19-34(12-4-5-22-15-27(35)8-10-29(22)34)20-43-31-11-7-23(33(38)39)16-30(31)37/h7-8,10-11,13,15-16,21,24-25,28,32H,3-6,9,12,14,17-20H2,1-2H3,(H,38,39)(H2,36,40,41)/t21-,24+,25-,28-,32-,34+/m1/s1. The first-order valence-corrected chi connectivity index (χ1v) is 17.9. The first-order valence-electron chi connectivity index (χ1n) is 15.8. The van der Waals surface area contributed by atoms with Crippen LogP contribution in [0.3, 0.4) is 0 Å². The van der Waals surface area contributed by atoms with Gasteiger partial charge >= 0.3 is 5.97 Å². The summed E-state index contributed by atoms with van der Waals surface area (Å²) >= 11 is 6.40. The number of fused-ring (bicyclic) bond motifs is 3. The van der Waals surface area contributed by atoms with E-state index in [4.69, 9.17) is 26.2 Å². The van der Waals surface area contributed by atoms with Crippen LogP contribution in [0.15, 0.2) is 48.0 Å². The second-order valence-corrected chi connectivity index (χ2v) is 15.5. The number of rotatable bonds is 10. The number of ether oxygens (including phenoxy) is 2. The molecule has 238 valence electrons. The summed E-state index contributed by atoms with van der Waals surface area (Å²) in [7, 11) is -1.76. The second kappa shape index (κ2) is 12.3. The van der Waals surface area contributed by atoms with Crippen molar-refractivity contribution in [3.8, 4) is 5.75 Å².